The molecule has 28 heavy (non-hydrogen) atoms. The fourth-order valence-corrected chi connectivity index (χ4v) is 2.45. The lowest BCUT2D eigenvalue weighted by molar-refractivity contribution is -0.137. The Morgan fingerprint density at radius 1 is 0.929 bits per heavy atom. The normalized spacial score (nSPS) is 12.5. The molecule has 0 spiro atoms. The first kappa shape index (κ1) is 21.0. The highest BCUT2D eigenvalue weighted by atomic mass is 19.4. The third-order valence-corrected chi connectivity index (χ3v) is 3.81. The molecule has 0 aliphatic carbocycles. The number of alkyl halides is 3. The highest BCUT2D eigenvalue weighted by molar-refractivity contribution is 6.17. The van der Waals surface area contributed by atoms with E-state index in [0.717, 1.165) is 17.7 Å². The van der Waals surface area contributed by atoms with Gasteiger partial charge in [-0.25, -0.2) is 4.79 Å². The van der Waals surface area contributed by atoms with E-state index in [-0.39, 0.29) is 5.57 Å². The van der Waals surface area contributed by atoms with Crippen molar-refractivity contribution in [1.82, 2.24) is 0 Å². The lowest BCUT2D eigenvalue weighted by Crippen LogP contribution is -2.05. The van der Waals surface area contributed by atoms with Crippen LogP contribution in [0.25, 0.3) is 17.7 Å². The number of methoxy groups -OCH3 is 2. The number of hydrogen-bond acceptors (Lipinski definition) is 3. The van der Waals surface area contributed by atoms with E-state index in [1.165, 1.54) is 32.6 Å². The number of allylic oxidation sites excluding steroid dienone is 2. The van der Waals surface area contributed by atoms with Crippen molar-refractivity contribution in [3.8, 4) is 0 Å². The van der Waals surface area contributed by atoms with Crippen LogP contribution in [0.5, 0.6) is 0 Å². The molecule has 0 saturated heterocycles. The van der Waals surface area contributed by atoms with Crippen LogP contribution in [-0.4, -0.2) is 20.2 Å². The molecule has 0 amide bonds. The van der Waals surface area contributed by atoms with Gasteiger partial charge in [-0.05, 0) is 28.8 Å². The Hall–Kier alpha value is -3.28. The molecule has 0 heterocycles. The summed E-state index contributed by atoms with van der Waals surface area (Å²) in [7, 11) is 2.73. The molecule has 146 valence electrons. The summed E-state index contributed by atoms with van der Waals surface area (Å²) in [6.45, 7) is 0. The molecule has 0 N–H and O–H groups in total. The summed E-state index contributed by atoms with van der Waals surface area (Å²) < 4.78 is 47.5. The summed E-state index contributed by atoms with van der Waals surface area (Å²) in [6, 6.07) is 12.1. The number of rotatable bonds is 6. The lowest BCUT2D eigenvalue weighted by atomic mass is 10.00. The largest absolute Gasteiger partial charge is 0.503 e. The number of benzene rings is 2. The third kappa shape index (κ3) is 5.61. The minimum atomic E-state index is -4.35. The van der Waals surface area contributed by atoms with Gasteiger partial charge in [0.2, 0.25) is 0 Å². The molecule has 0 fully saturated rings. The Kier molecular flexibility index (Phi) is 7.21. The third-order valence-electron chi connectivity index (χ3n) is 3.81. The smallest absolute Gasteiger partial charge is 0.416 e. The van der Waals surface area contributed by atoms with E-state index >= 15 is 0 Å². The molecule has 0 aromatic heterocycles. The van der Waals surface area contributed by atoms with Crippen LogP contribution in [0.15, 0.2) is 66.9 Å². The summed E-state index contributed by atoms with van der Waals surface area (Å²) in [6.07, 6.45) is 3.87. The molecule has 3 nitrogen and oxygen atoms in total. The van der Waals surface area contributed by atoms with Crippen molar-refractivity contribution in [2.75, 3.05) is 14.2 Å². The van der Waals surface area contributed by atoms with Gasteiger partial charge in [0.1, 0.15) is 5.57 Å². The molecule has 2 aromatic carbocycles. The summed E-state index contributed by atoms with van der Waals surface area (Å²) in [5, 5.41) is 0. The molecule has 2 rings (SSSR count). The van der Waals surface area contributed by atoms with Crippen molar-refractivity contribution in [3.63, 3.8) is 0 Å². The first-order valence-corrected chi connectivity index (χ1v) is 8.29. The highest BCUT2D eigenvalue weighted by Crippen LogP contribution is 2.29. The Bertz CT molecular complexity index is 892. The zero-order valence-electron chi connectivity index (χ0n) is 15.4. The Balaban J connectivity index is 2.20. The van der Waals surface area contributed by atoms with Gasteiger partial charge in [0.05, 0.1) is 26.0 Å². The second-order valence-electron chi connectivity index (χ2n) is 5.68. The molecule has 6 heteroatoms. The molecule has 0 radical (unpaired) electrons. The number of esters is 1. The van der Waals surface area contributed by atoms with Gasteiger partial charge in [-0.15, -0.1) is 0 Å². The second kappa shape index (κ2) is 9.60. The summed E-state index contributed by atoms with van der Waals surface area (Å²) in [5.41, 5.74) is 1.62. The van der Waals surface area contributed by atoms with Gasteiger partial charge in [-0.2, -0.15) is 13.2 Å². The van der Waals surface area contributed by atoms with Crippen LogP contribution in [-0.2, 0) is 20.4 Å². The van der Waals surface area contributed by atoms with E-state index in [2.05, 4.69) is 0 Å². The quantitative estimate of drug-likeness (QED) is 0.280. The molecule has 0 saturated carbocycles. The fraction of sp³-hybridized carbons (Fsp3) is 0.136. The van der Waals surface area contributed by atoms with Crippen LogP contribution >= 0.6 is 0 Å². The molecule has 0 bridgehead atoms. The minimum absolute atomic E-state index is 0.275. The van der Waals surface area contributed by atoms with Crippen LogP contribution < -0.4 is 0 Å². The van der Waals surface area contributed by atoms with Gasteiger partial charge in [-0.1, -0.05) is 60.7 Å². The predicted molar refractivity (Wildman–Crippen MR) is 103 cm³/mol. The van der Waals surface area contributed by atoms with Crippen LogP contribution in [0.2, 0.25) is 0 Å². The minimum Gasteiger partial charge on any atom is -0.503 e. The van der Waals surface area contributed by atoms with E-state index in [9.17, 15) is 18.0 Å². The van der Waals surface area contributed by atoms with Gasteiger partial charge in [0.15, 0.2) is 0 Å². The zero-order valence-corrected chi connectivity index (χ0v) is 15.4. The van der Waals surface area contributed by atoms with Crippen molar-refractivity contribution in [1.29, 1.82) is 0 Å². The van der Waals surface area contributed by atoms with Crippen LogP contribution in [0.1, 0.15) is 22.3 Å². The SMILES string of the molecule is CO/C=C(/C(=O)OC)c1ccccc1C=C/C=C/c1ccc(C(F)(F)F)cc1. The maximum absolute atomic E-state index is 12.6. The van der Waals surface area contributed by atoms with E-state index in [0.29, 0.717) is 11.1 Å². The first-order valence-electron chi connectivity index (χ1n) is 8.29. The van der Waals surface area contributed by atoms with E-state index in [1.807, 2.05) is 12.1 Å². The molecule has 2 aromatic rings. The number of ether oxygens (including phenoxy) is 2. The first-order chi connectivity index (χ1) is 13.4. The average molecular weight is 388 g/mol. The highest BCUT2D eigenvalue weighted by Gasteiger charge is 2.29. The van der Waals surface area contributed by atoms with Gasteiger partial charge in [0.25, 0.3) is 0 Å². The Morgan fingerprint density at radius 3 is 2.18 bits per heavy atom. The van der Waals surface area contributed by atoms with Crippen molar-refractivity contribution >= 4 is 23.7 Å². The average Bonchev–Trinajstić information content (AvgIpc) is 2.69. The van der Waals surface area contributed by atoms with Crippen LogP contribution in [0.3, 0.4) is 0 Å². The molecular formula is C22H19F3O3. The van der Waals surface area contributed by atoms with Gasteiger partial charge in [0, 0.05) is 0 Å². The van der Waals surface area contributed by atoms with Crippen molar-refractivity contribution in [2.45, 2.75) is 6.18 Å². The van der Waals surface area contributed by atoms with E-state index in [4.69, 9.17) is 9.47 Å². The van der Waals surface area contributed by atoms with E-state index < -0.39 is 17.7 Å². The van der Waals surface area contributed by atoms with Crippen molar-refractivity contribution in [2.24, 2.45) is 0 Å². The molecule has 0 aliphatic heterocycles. The Morgan fingerprint density at radius 2 is 1.57 bits per heavy atom. The maximum atomic E-state index is 12.6. The number of halogens is 3. The van der Waals surface area contributed by atoms with Gasteiger partial charge < -0.3 is 9.47 Å². The predicted octanol–water partition coefficient (Wildman–Crippen LogP) is 5.59. The van der Waals surface area contributed by atoms with E-state index in [1.54, 1.807) is 36.4 Å². The summed E-state index contributed by atoms with van der Waals surface area (Å²) >= 11 is 0. The fourth-order valence-electron chi connectivity index (χ4n) is 2.45. The maximum Gasteiger partial charge on any atom is 0.416 e. The number of carbonyl (C=O) groups is 1. The molecular weight excluding hydrogens is 369 g/mol. The van der Waals surface area contributed by atoms with Crippen LogP contribution in [0, 0.1) is 0 Å². The van der Waals surface area contributed by atoms with Gasteiger partial charge >= 0.3 is 12.1 Å². The topological polar surface area (TPSA) is 35.5 Å². The number of carbonyl (C=O) groups excluding carboxylic acids is 1. The monoisotopic (exact) mass is 388 g/mol. The summed E-state index contributed by atoms with van der Waals surface area (Å²) in [4.78, 5) is 12.0. The second-order valence-corrected chi connectivity index (χ2v) is 5.68. The zero-order chi connectivity index (χ0) is 20.6. The lowest BCUT2D eigenvalue weighted by Gasteiger charge is -2.08. The molecule has 0 aliphatic rings. The van der Waals surface area contributed by atoms with Crippen molar-refractivity contribution in [3.05, 3.63) is 89.2 Å². The molecule has 0 atom stereocenters. The standard InChI is InChI=1S/C22H19F3O3/c1-27-15-20(21(26)28-2)19-10-6-5-9-17(19)8-4-3-7-16-11-13-18(14-12-16)22(23,24)25/h3-15H,1-2H3/b7-3+,8-4?,20-15+. The van der Waals surface area contributed by atoms with Crippen LogP contribution in [0.4, 0.5) is 13.2 Å². The summed E-state index contributed by atoms with van der Waals surface area (Å²) in [5.74, 6) is -0.525. The van der Waals surface area contributed by atoms with Gasteiger partial charge in [-0.3, -0.25) is 0 Å². The molecule has 0 unspecified atom stereocenters. The Labute approximate surface area is 161 Å². The van der Waals surface area contributed by atoms with Crippen molar-refractivity contribution < 1.29 is 27.4 Å². The number of hydrogen-bond donors (Lipinski definition) is 0.